The fourth-order valence-electron chi connectivity index (χ4n) is 2.42. The quantitative estimate of drug-likeness (QED) is 0.560. The van der Waals surface area contributed by atoms with Gasteiger partial charge in [0.25, 0.3) is 0 Å². The van der Waals surface area contributed by atoms with Crippen LogP contribution >= 0.6 is 0 Å². The number of benzene rings is 2. The fourth-order valence-corrected chi connectivity index (χ4v) is 2.42. The lowest BCUT2D eigenvalue weighted by Crippen LogP contribution is -2.48. The van der Waals surface area contributed by atoms with E-state index in [1.165, 1.54) is 6.07 Å². The van der Waals surface area contributed by atoms with Crippen molar-refractivity contribution in [3.8, 4) is 5.75 Å². The first-order valence-corrected chi connectivity index (χ1v) is 8.67. The standard InChI is InChI=1S/C20H18F2N2O6/c1-11-4-2-5-12(8-11)23-19(28)20(29)24-15(9-17(26)27)16(25)10-30-18-13(21)6-3-7-14(18)22/h2-8,15H,9-10H2,1H3,(H,23,28)(H,24,29)(H,26,27)/t15-/m0/s1. The molecule has 30 heavy (non-hydrogen) atoms. The van der Waals surface area contributed by atoms with E-state index in [-0.39, 0.29) is 0 Å². The molecule has 0 radical (unpaired) electrons. The first kappa shape index (κ1) is 22.5. The Morgan fingerprint density at radius 3 is 2.27 bits per heavy atom. The molecule has 0 unspecified atom stereocenters. The molecule has 0 heterocycles. The minimum atomic E-state index is -1.65. The van der Waals surface area contributed by atoms with Gasteiger partial charge in [0, 0.05) is 5.69 Å². The molecule has 0 aliphatic carbocycles. The predicted molar refractivity (Wildman–Crippen MR) is 101 cm³/mol. The number of amides is 2. The Kier molecular flexibility index (Phi) is 7.56. The number of aryl methyl sites for hydroxylation is 1. The lowest BCUT2D eigenvalue weighted by atomic mass is 10.1. The number of para-hydroxylation sites is 1. The van der Waals surface area contributed by atoms with Crippen molar-refractivity contribution in [1.82, 2.24) is 5.32 Å². The van der Waals surface area contributed by atoms with E-state index >= 15 is 0 Å². The highest BCUT2D eigenvalue weighted by molar-refractivity contribution is 6.40. The van der Waals surface area contributed by atoms with Gasteiger partial charge >= 0.3 is 17.8 Å². The Morgan fingerprint density at radius 1 is 1.03 bits per heavy atom. The lowest BCUT2D eigenvalue weighted by Gasteiger charge is -2.16. The summed E-state index contributed by atoms with van der Waals surface area (Å²) in [7, 11) is 0. The van der Waals surface area contributed by atoms with E-state index in [1.807, 2.05) is 5.32 Å². The van der Waals surface area contributed by atoms with E-state index < -0.39 is 60.0 Å². The van der Waals surface area contributed by atoms with Gasteiger partial charge in [-0.25, -0.2) is 8.78 Å². The molecule has 1 atom stereocenters. The van der Waals surface area contributed by atoms with Gasteiger partial charge in [0.2, 0.25) is 0 Å². The zero-order chi connectivity index (χ0) is 22.3. The Balaban J connectivity index is 2.03. The molecule has 2 rings (SSSR count). The molecule has 0 saturated heterocycles. The van der Waals surface area contributed by atoms with Gasteiger partial charge in [-0.2, -0.15) is 0 Å². The van der Waals surface area contributed by atoms with E-state index in [0.717, 1.165) is 23.8 Å². The van der Waals surface area contributed by atoms with E-state index in [1.54, 1.807) is 25.1 Å². The van der Waals surface area contributed by atoms with Gasteiger partial charge in [0.05, 0.1) is 6.42 Å². The number of carboxylic acid groups (broad SMARTS) is 1. The molecule has 3 N–H and O–H groups in total. The van der Waals surface area contributed by atoms with E-state index in [9.17, 15) is 28.0 Å². The van der Waals surface area contributed by atoms with Crippen molar-refractivity contribution >= 4 is 29.3 Å². The monoisotopic (exact) mass is 420 g/mol. The van der Waals surface area contributed by atoms with Crippen LogP contribution in [0.15, 0.2) is 42.5 Å². The Labute approximate surface area is 169 Å². The summed E-state index contributed by atoms with van der Waals surface area (Å²) in [6, 6.07) is 7.84. The van der Waals surface area contributed by atoms with Crippen LogP contribution in [-0.4, -0.2) is 41.3 Å². The second-order valence-electron chi connectivity index (χ2n) is 6.25. The number of Topliss-reactive ketones (excluding diaryl/α,β-unsaturated/α-hetero) is 1. The average Bonchev–Trinajstić information content (AvgIpc) is 2.66. The topological polar surface area (TPSA) is 122 Å². The number of halogens is 2. The summed E-state index contributed by atoms with van der Waals surface area (Å²) in [5, 5.41) is 13.3. The summed E-state index contributed by atoms with van der Waals surface area (Å²) >= 11 is 0. The summed E-state index contributed by atoms with van der Waals surface area (Å²) in [4.78, 5) is 47.4. The van der Waals surface area contributed by atoms with Gasteiger partial charge in [-0.15, -0.1) is 0 Å². The molecule has 10 heteroatoms. The fraction of sp³-hybridized carbons (Fsp3) is 0.200. The molecule has 2 aromatic carbocycles. The first-order chi connectivity index (χ1) is 14.2. The first-order valence-electron chi connectivity index (χ1n) is 8.67. The summed E-state index contributed by atoms with van der Waals surface area (Å²) in [5.74, 6) is -7.73. The third kappa shape index (κ3) is 6.36. The number of hydrogen-bond donors (Lipinski definition) is 3. The number of ether oxygens (including phenoxy) is 1. The van der Waals surface area contributed by atoms with Crippen LogP contribution < -0.4 is 15.4 Å². The highest BCUT2D eigenvalue weighted by Gasteiger charge is 2.27. The summed E-state index contributed by atoms with van der Waals surface area (Å²) < 4.78 is 31.9. The third-order valence-electron chi connectivity index (χ3n) is 3.83. The molecule has 0 aromatic heterocycles. The van der Waals surface area contributed by atoms with Gasteiger partial charge in [-0.1, -0.05) is 18.2 Å². The number of hydrogen-bond acceptors (Lipinski definition) is 5. The van der Waals surface area contributed by atoms with Gasteiger partial charge in [0.1, 0.15) is 12.6 Å². The zero-order valence-corrected chi connectivity index (χ0v) is 15.8. The second kappa shape index (κ2) is 10.1. The van der Waals surface area contributed by atoms with Crippen molar-refractivity contribution in [2.45, 2.75) is 19.4 Å². The van der Waals surface area contributed by atoms with E-state index in [2.05, 4.69) is 5.32 Å². The van der Waals surface area contributed by atoms with Crippen LogP contribution in [0.2, 0.25) is 0 Å². The maximum Gasteiger partial charge on any atom is 0.313 e. The summed E-state index contributed by atoms with van der Waals surface area (Å²) in [6.45, 7) is 0.852. The van der Waals surface area contributed by atoms with Crippen molar-refractivity contribution < 1.29 is 37.8 Å². The number of rotatable bonds is 8. The van der Waals surface area contributed by atoms with Crippen LogP contribution in [0.3, 0.4) is 0 Å². The van der Waals surface area contributed by atoms with E-state index in [4.69, 9.17) is 9.84 Å². The Hall–Kier alpha value is -3.82. The highest BCUT2D eigenvalue weighted by Crippen LogP contribution is 2.20. The van der Waals surface area contributed by atoms with Crippen LogP contribution in [0.5, 0.6) is 5.75 Å². The largest absolute Gasteiger partial charge is 0.481 e. The molecule has 158 valence electrons. The van der Waals surface area contributed by atoms with Crippen LogP contribution in [0.4, 0.5) is 14.5 Å². The van der Waals surface area contributed by atoms with Crippen molar-refractivity contribution in [3.63, 3.8) is 0 Å². The maximum absolute atomic E-state index is 13.6. The number of nitrogens with one attached hydrogen (secondary N) is 2. The second-order valence-corrected chi connectivity index (χ2v) is 6.25. The number of aliphatic carboxylic acids is 1. The minimum absolute atomic E-state index is 0.328. The van der Waals surface area contributed by atoms with Gasteiger partial charge in [0.15, 0.2) is 23.2 Å². The van der Waals surface area contributed by atoms with Crippen LogP contribution in [0.25, 0.3) is 0 Å². The van der Waals surface area contributed by atoms with Gasteiger partial charge in [-0.3, -0.25) is 19.2 Å². The number of carboxylic acids is 1. The van der Waals surface area contributed by atoms with Gasteiger partial charge < -0.3 is 20.5 Å². The van der Waals surface area contributed by atoms with E-state index in [0.29, 0.717) is 5.69 Å². The molecular weight excluding hydrogens is 402 g/mol. The smallest absolute Gasteiger partial charge is 0.313 e. The number of ketones is 1. The normalized spacial score (nSPS) is 11.3. The van der Waals surface area contributed by atoms with Crippen molar-refractivity contribution in [2.75, 3.05) is 11.9 Å². The number of carbonyl (C=O) groups excluding carboxylic acids is 3. The van der Waals surface area contributed by atoms with Crippen LogP contribution in [-0.2, 0) is 19.2 Å². The predicted octanol–water partition coefficient (Wildman–Crippen LogP) is 1.82. The molecule has 0 fully saturated rings. The SMILES string of the molecule is Cc1cccc(NC(=O)C(=O)N[C@@H](CC(=O)O)C(=O)COc2c(F)cccc2F)c1. The van der Waals surface area contributed by atoms with Crippen molar-refractivity contribution in [1.29, 1.82) is 0 Å². The number of carbonyl (C=O) groups is 4. The molecule has 0 aliphatic heterocycles. The van der Waals surface area contributed by atoms with Crippen molar-refractivity contribution in [3.05, 3.63) is 59.7 Å². The summed E-state index contributed by atoms with van der Waals surface area (Å²) in [5.41, 5.74) is 1.15. The molecule has 0 bridgehead atoms. The molecule has 0 aliphatic rings. The van der Waals surface area contributed by atoms with Crippen molar-refractivity contribution in [2.24, 2.45) is 0 Å². The molecule has 8 nitrogen and oxygen atoms in total. The maximum atomic E-state index is 13.6. The average molecular weight is 420 g/mol. The highest BCUT2D eigenvalue weighted by atomic mass is 19.1. The molecule has 0 saturated carbocycles. The van der Waals surface area contributed by atoms with Gasteiger partial charge in [-0.05, 0) is 36.8 Å². The molecular formula is C20H18F2N2O6. The Bertz CT molecular complexity index is 959. The molecule has 2 amide bonds. The third-order valence-corrected chi connectivity index (χ3v) is 3.83. The lowest BCUT2D eigenvalue weighted by molar-refractivity contribution is -0.142. The zero-order valence-electron chi connectivity index (χ0n) is 15.8. The number of anilines is 1. The van der Waals surface area contributed by atoms with Crippen LogP contribution in [0.1, 0.15) is 12.0 Å². The minimum Gasteiger partial charge on any atom is -0.481 e. The summed E-state index contributed by atoms with van der Waals surface area (Å²) in [6.07, 6.45) is -0.856. The van der Waals surface area contributed by atoms with Crippen LogP contribution in [0, 0.1) is 18.6 Å². The molecule has 0 spiro atoms. The Morgan fingerprint density at radius 2 is 1.67 bits per heavy atom. The molecule has 2 aromatic rings.